The summed E-state index contributed by atoms with van der Waals surface area (Å²) in [6.07, 6.45) is 0. The van der Waals surface area contributed by atoms with E-state index in [1.54, 1.807) is 0 Å². The minimum Gasteiger partial charge on any atom is -0.456 e. The molecule has 2 heterocycles. The SMILES string of the molecule is c1ccc(-c2ccc(N(c3ccccc3)c3cccc(-c4cccc(-c5cccc6oc7cc(-c8cccc(-c9ccc%10c%11ccccc%11n(-c%11ccccc%11)c%10c9)c8)ccc7c56)c4)c3)cc2)cc1. The summed E-state index contributed by atoms with van der Waals surface area (Å²) in [6.45, 7) is 0. The Bertz CT molecular complexity index is 4000. The highest BCUT2D eigenvalue weighted by Crippen LogP contribution is 2.42. The van der Waals surface area contributed by atoms with Crippen molar-refractivity contribution in [2.24, 2.45) is 0 Å². The van der Waals surface area contributed by atoms with Gasteiger partial charge in [-0.05, 0) is 147 Å². The predicted octanol–water partition coefficient (Wildman–Crippen LogP) is 18.5. The summed E-state index contributed by atoms with van der Waals surface area (Å²) < 4.78 is 9.07. The third-order valence-corrected chi connectivity index (χ3v) is 13.6. The Morgan fingerprint density at radius 3 is 1.52 bits per heavy atom. The first kappa shape index (κ1) is 40.1. The van der Waals surface area contributed by atoms with Gasteiger partial charge in [-0.2, -0.15) is 0 Å². The van der Waals surface area contributed by atoms with Gasteiger partial charge in [0.1, 0.15) is 11.2 Å². The molecule has 0 amide bonds. The largest absolute Gasteiger partial charge is 0.456 e. The lowest BCUT2D eigenvalue weighted by atomic mass is 9.94. The second-order valence-electron chi connectivity index (χ2n) is 17.7. The molecule has 13 rings (SSSR count). The zero-order valence-corrected chi connectivity index (χ0v) is 37.7. The van der Waals surface area contributed by atoms with Gasteiger partial charge in [-0.1, -0.05) is 176 Å². The molecule has 69 heavy (non-hydrogen) atoms. The topological polar surface area (TPSA) is 21.3 Å². The molecule has 11 aromatic carbocycles. The maximum atomic E-state index is 6.69. The van der Waals surface area contributed by atoms with Crippen LogP contribution >= 0.6 is 0 Å². The zero-order valence-electron chi connectivity index (χ0n) is 37.7. The van der Waals surface area contributed by atoms with E-state index in [4.69, 9.17) is 4.42 Å². The van der Waals surface area contributed by atoms with Crippen molar-refractivity contribution < 1.29 is 4.42 Å². The summed E-state index contributed by atoms with van der Waals surface area (Å²) in [5.41, 5.74) is 20.2. The number of furan rings is 1. The van der Waals surface area contributed by atoms with Crippen LogP contribution in [0.5, 0.6) is 0 Å². The molecule has 0 bridgehead atoms. The van der Waals surface area contributed by atoms with E-state index in [2.05, 4.69) is 276 Å². The average molecular weight is 881 g/mol. The van der Waals surface area contributed by atoms with Crippen molar-refractivity contribution in [3.8, 4) is 61.3 Å². The van der Waals surface area contributed by atoms with E-state index < -0.39 is 0 Å². The number of para-hydroxylation sites is 3. The second kappa shape index (κ2) is 16.9. The molecule has 0 unspecified atom stereocenters. The highest BCUT2D eigenvalue weighted by atomic mass is 16.3. The minimum absolute atomic E-state index is 0.871. The van der Waals surface area contributed by atoms with Gasteiger partial charge in [0.2, 0.25) is 0 Å². The number of nitrogens with zero attached hydrogens (tertiary/aromatic N) is 2. The first-order valence-corrected chi connectivity index (χ1v) is 23.6. The molecule has 324 valence electrons. The Kier molecular flexibility index (Phi) is 9.84. The van der Waals surface area contributed by atoms with Gasteiger partial charge < -0.3 is 13.9 Å². The van der Waals surface area contributed by atoms with Gasteiger partial charge in [-0.15, -0.1) is 0 Å². The number of hydrogen-bond acceptors (Lipinski definition) is 2. The van der Waals surface area contributed by atoms with Crippen molar-refractivity contribution >= 4 is 60.8 Å². The Labute approximate surface area is 401 Å². The summed E-state index contributed by atoms with van der Waals surface area (Å²) in [5, 5.41) is 4.72. The van der Waals surface area contributed by atoms with Crippen LogP contribution in [0.3, 0.4) is 0 Å². The fourth-order valence-electron chi connectivity index (χ4n) is 10.3. The molecule has 0 aliphatic carbocycles. The zero-order chi connectivity index (χ0) is 45.7. The van der Waals surface area contributed by atoms with E-state index in [1.807, 2.05) is 0 Å². The third kappa shape index (κ3) is 7.25. The van der Waals surface area contributed by atoms with E-state index in [-0.39, 0.29) is 0 Å². The maximum absolute atomic E-state index is 6.69. The quantitative estimate of drug-likeness (QED) is 0.144. The van der Waals surface area contributed by atoms with Crippen LogP contribution in [0.4, 0.5) is 17.1 Å². The van der Waals surface area contributed by atoms with E-state index in [1.165, 1.54) is 44.1 Å². The van der Waals surface area contributed by atoms with Crippen LogP contribution in [-0.4, -0.2) is 4.57 Å². The average Bonchev–Trinajstić information content (AvgIpc) is 3.97. The van der Waals surface area contributed by atoms with Crippen LogP contribution in [0.15, 0.2) is 271 Å². The number of anilines is 3. The molecule has 0 atom stereocenters. The van der Waals surface area contributed by atoms with Crippen LogP contribution in [0, 0.1) is 0 Å². The molecule has 0 fully saturated rings. The molecule has 3 nitrogen and oxygen atoms in total. The van der Waals surface area contributed by atoms with Gasteiger partial charge in [0.15, 0.2) is 0 Å². The van der Waals surface area contributed by atoms with E-state index >= 15 is 0 Å². The lowest BCUT2D eigenvalue weighted by molar-refractivity contribution is 0.669. The number of rotatable bonds is 9. The standard InChI is InChI=1S/C66H44N2O/c1-4-16-45(17-5-1)46-32-36-56(37-33-46)67(54-23-6-2-7-24-54)57-27-14-21-50(42-57)49-20-13-22-53(41-49)58-29-15-31-64-66(58)61-39-35-52(44-65(61)69-64)48-19-12-18-47(40-48)51-34-38-60-59-28-10-11-30-62(59)68(63(60)43-51)55-25-8-3-9-26-55/h1-44H. The van der Waals surface area contributed by atoms with Crippen LogP contribution in [0.1, 0.15) is 0 Å². The molecular weight excluding hydrogens is 837 g/mol. The van der Waals surface area contributed by atoms with Gasteiger partial charge in [0.05, 0.1) is 11.0 Å². The van der Waals surface area contributed by atoms with Crippen molar-refractivity contribution in [2.45, 2.75) is 0 Å². The highest BCUT2D eigenvalue weighted by molar-refractivity contribution is 6.13. The van der Waals surface area contributed by atoms with Crippen LogP contribution in [-0.2, 0) is 0 Å². The Balaban J connectivity index is 0.833. The smallest absolute Gasteiger partial charge is 0.136 e. The molecule has 0 aliphatic heterocycles. The van der Waals surface area contributed by atoms with Crippen molar-refractivity contribution in [3.63, 3.8) is 0 Å². The van der Waals surface area contributed by atoms with E-state index in [0.29, 0.717) is 0 Å². The third-order valence-electron chi connectivity index (χ3n) is 13.6. The lowest BCUT2D eigenvalue weighted by Crippen LogP contribution is -2.09. The highest BCUT2D eigenvalue weighted by Gasteiger charge is 2.18. The Morgan fingerprint density at radius 2 is 0.768 bits per heavy atom. The number of hydrogen-bond donors (Lipinski definition) is 0. The van der Waals surface area contributed by atoms with Crippen LogP contribution in [0.2, 0.25) is 0 Å². The summed E-state index contributed by atoms with van der Waals surface area (Å²) in [4.78, 5) is 2.33. The summed E-state index contributed by atoms with van der Waals surface area (Å²) in [5.74, 6) is 0. The molecule has 0 saturated carbocycles. The molecule has 2 aromatic heterocycles. The Hall–Kier alpha value is -9.18. The van der Waals surface area contributed by atoms with Crippen molar-refractivity contribution in [1.82, 2.24) is 4.57 Å². The number of fused-ring (bicyclic) bond motifs is 6. The fourth-order valence-corrected chi connectivity index (χ4v) is 10.3. The molecule has 3 heteroatoms. The molecule has 0 spiro atoms. The van der Waals surface area contributed by atoms with Gasteiger partial charge in [-0.25, -0.2) is 0 Å². The minimum atomic E-state index is 0.871. The van der Waals surface area contributed by atoms with Gasteiger partial charge in [0, 0.05) is 44.3 Å². The molecule has 0 saturated heterocycles. The van der Waals surface area contributed by atoms with E-state index in [0.717, 1.165) is 78.1 Å². The number of benzene rings is 11. The van der Waals surface area contributed by atoms with Crippen molar-refractivity contribution in [1.29, 1.82) is 0 Å². The van der Waals surface area contributed by atoms with E-state index in [9.17, 15) is 0 Å². The number of aromatic nitrogens is 1. The second-order valence-corrected chi connectivity index (χ2v) is 17.7. The first-order chi connectivity index (χ1) is 34.2. The van der Waals surface area contributed by atoms with Crippen LogP contribution in [0.25, 0.3) is 105 Å². The normalized spacial score (nSPS) is 11.5. The predicted molar refractivity (Wildman–Crippen MR) is 290 cm³/mol. The monoisotopic (exact) mass is 880 g/mol. The first-order valence-electron chi connectivity index (χ1n) is 23.6. The fraction of sp³-hybridized carbons (Fsp3) is 0. The maximum Gasteiger partial charge on any atom is 0.136 e. The molecule has 0 radical (unpaired) electrons. The molecular formula is C66H44N2O. The van der Waals surface area contributed by atoms with Gasteiger partial charge >= 0.3 is 0 Å². The van der Waals surface area contributed by atoms with Crippen molar-refractivity contribution in [3.05, 3.63) is 267 Å². The van der Waals surface area contributed by atoms with Crippen LogP contribution < -0.4 is 4.90 Å². The molecule has 0 N–H and O–H groups in total. The Morgan fingerprint density at radius 1 is 0.275 bits per heavy atom. The molecule has 0 aliphatic rings. The summed E-state index contributed by atoms with van der Waals surface area (Å²) in [6, 6.07) is 95.9. The lowest BCUT2D eigenvalue weighted by Gasteiger charge is -2.26. The van der Waals surface area contributed by atoms with Gasteiger partial charge in [0.25, 0.3) is 0 Å². The summed E-state index contributed by atoms with van der Waals surface area (Å²) >= 11 is 0. The van der Waals surface area contributed by atoms with Crippen molar-refractivity contribution in [2.75, 3.05) is 4.90 Å². The van der Waals surface area contributed by atoms with Gasteiger partial charge in [-0.3, -0.25) is 0 Å². The molecule has 13 aromatic rings. The summed E-state index contributed by atoms with van der Waals surface area (Å²) in [7, 11) is 0.